The molecule has 10 nitrogen and oxygen atoms in total. The Morgan fingerprint density at radius 2 is 1.60 bits per heavy atom. The predicted octanol–water partition coefficient (Wildman–Crippen LogP) is 9.49. The van der Waals surface area contributed by atoms with E-state index in [9.17, 15) is 9.59 Å². The smallest absolute Gasteiger partial charge is 0.411 e. The van der Waals surface area contributed by atoms with E-state index in [-0.39, 0.29) is 24.8 Å². The molecule has 2 atom stereocenters. The van der Waals surface area contributed by atoms with Crippen molar-refractivity contribution in [3.8, 4) is 22.4 Å². The number of nitrogens with zero attached hydrogens (tertiary/aromatic N) is 4. The highest BCUT2D eigenvalue weighted by atomic mass is 16.6. The fourth-order valence-electron chi connectivity index (χ4n) is 7.58. The van der Waals surface area contributed by atoms with Crippen LogP contribution in [-0.2, 0) is 21.6 Å². The van der Waals surface area contributed by atoms with E-state index in [2.05, 4.69) is 65.4 Å². The maximum Gasteiger partial charge on any atom is 0.411 e. The SMILES string of the molecule is CC(C)(C)OC(=O)N1CCC[C@@]1(C)c1nc2ccc(-c3ccc4cc(-c5cnc(C6CCCN6C(=O)OCc6ccccc6)[nH]5)ccc4c3)cc2[nH]1. The van der Waals surface area contributed by atoms with Gasteiger partial charge in [-0.2, -0.15) is 0 Å². The quantitative estimate of drug-likeness (QED) is 0.179. The Hall–Kier alpha value is -5.64. The molecule has 6 aromatic rings. The van der Waals surface area contributed by atoms with Crippen LogP contribution < -0.4 is 0 Å². The zero-order valence-electron chi connectivity index (χ0n) is 30.1. The molecular formula is C42H44N6O4. The number of carbonyl (C=O) groups excluding carboxylic acids is 2. The number of ether oxygens (including phenoxy) is 2. The minimum absolute atomic E-state index is 0.145. The Kier molecular flexibility index (Phi) is 8.48. The number of rotatable bonds is 6. The molecule has 2 N–H and O–H groups in total. The molecule has 2 aliphatic rings. The highest BCUT2D eigenvalue weighted by Gasteiger charge is 2.45. The number of imidazole rings is 2. The van der Waals surface area contributed by atoms with Gasteiger partial charge in [-0.15, -0.1) is 0 Å². The molecule has 8 rings (SSSR count). The average Bonchev–Trinajstić information content (AvgIpc) is 3.96. The van der Waals surface area contributed by atoms with Crippen molar-refractivity contribution in [3.63, 3.8) is 0 Å². The number of nitrogens with one attached hydrogen (secondary N) is 2. The zero-order chi connectivity index (χ0) is 36.0. The summed E-state index contributed by atoms with van der Waals surface area (Å²) in [4.78, 5) is 46.4. The molecule has 2 saturated heterocycles. The third-order valence-corrected chi connectivity index (χ3v) is 10.3. The number of hydrogen-bond donors (Lipinski definition) is 2. The van der Waals surface area contributed by atoms with Crippen LogP contribution in [0.15, 0.2) is 91.1 Å². The molecule has 2 amide bonds. The molecule has 266 valence electrons. The van der Waals surface area contributed by atoms with Crippen molar-refractivity contribution >= 4 is 34.0 Å². The molecular weight excluding hydrogens is 652 g/mol. The molecule has 0 bridgehead atoms. The summed E-state index contributed by atoms with van der Waals surface area (Å²) in [5.41, 5.74) is 5.75. The Morgan fingerprint density at radius 1 is 0.865 bits per heavy atom. The first-order valence-corrected chi connectivity index (χ1v) is 18.1. The lowest BCUT2D eigenvalue weighted by Gasteiger charge is -2.34. The number of aromatic amines is 2. The summed E-state index contributed by atoms with van der Waals surface area (Å²) >= 11 is 0. The van der Waals surface area contributed by atoms with Gasteiger partial charge in [-0.05, 0) is 105 Å². The van der Waals surface area contributed by atoms with Crippen molar-refractivity contribution < 1.29 is 19.1 Å². The second-order valence-electron chi connectivity index (χ2n) is 15.2. The van der Waals surface area contributed by atoms with Crippen molar-refractivity contribution in [2.24, 2.45) is 0 Å². The maximum atomic E-state index is 13.1. The van der Waals surface area contributed by atoms with E-state index in [1.165, 1.54) is 0 Å². The second-order valence-corrected chi connectivity index (χ2v) is 15.2. The van der Waals surface area contributed by atoms with Gasteiger partial charge < -0.3 is 19.4 Å². The lowest BCUT2D eigenvalue weighted by molar-refractivity contribution is 0.00869. The van der Waals surface area contributed by atoms with Gasteiger partial charge in [0.1, 0.15) is 29.4 Å². The summed E-state index contributed by atoms with van der Waals surface area (Å²) in [6.45, 7) is 9.27. The number of aromatic nitrogens is 4. The van der Waals surface area contributed by atoms with Crippen LogP contribution in [0.5, 0.6) is 0 Å². The number of H-pyrrole nitrogens is 2. The van der Waals surface area contributed by atoms with Crippen LogP contribution in [0, 0.1) is 0 Å². The van der Waals surface area contributed by atoms with Crippen LogP contribution in [0.1, 0.15) is 76.6 Å². The van der Waals surface area contributed by atoms with E-state index in [4.69, 9.17) is 19.4 Å². The average molecular weight is 697 g/mol. The van der Waals surface area contributed by atoms with Gasteiger partial charge in [0.15, 0.2) is 0 Å². The lowest BCUT2D eigenvalue weighted by atomic mass is 9.98. The minimum Gasteiger partial charge on any atom is -0.445 e. The van der Waals surface area contributed by atoms with Crippen LogP contribution in [0.25, 0.3) is 44.2 Å². The maximum absolute atomic E-state index is 13.1. The predicted molar refractivity (Wildman–Crippen MR) is 201 cm³/mol. The van der Waals surface area contributed by atoms with Gasteiger partial charge in [-0.3, -0.25) is 9.80 Å². The van der Waals surface area contributed by atoms with Crippen molar-refractivity contribution in [1.82, 2.24) is 29.7 Å². The van der Waals surface area contributed by atoms with E-state index < -0.39 is 11.1 Å². The number of likely N-dealkylation sites (tertiary alicyclic amines) is 2. The first-order chi connectivity index (χ1) is 25.0. The van der Waals surface area contributed by atoms with Gasteiger partial charge in [0, 0.05) is 18.7 Å². The van der Waals surface area contributed by atoms with Gasteiger partial charge in [-0.25, -0.2) is 19.6 Å². The fourth-order valence-corrected chi connectivity index (χ4v) is 7.58. The van der Waals surface area contributed by atoms with E-state index in [0.717, 1.165) is 87.1 Å². The molecule has 4 heterocycles. The summed E-state index contributed by atoms with van der Waals surface area (Å²) in [6.07, 6.45) is 4.67. The van der Waals surface area contributed by atoms with Crippen LogP contribution >= 0.6 is 0 Å². The van der Waals surface area contributed by atoms with E-state index in [1.54, 1.807) is 4.90 Å². The van der Waals surface area contributed by atoms with Gasteiger partial charge >= 0.3 is 12.2 Å². The molecule has 0 radical (unpaired) electrons. The van der Waals surface area contributed by atoms with Crippen LogP contribution in [0.3, 0.4) is 0 Å². The Labute approximate surface area is 303 Å². The molecule has 10 heteroatoms. The summed E-state index contributed by atoms with van der Waals surface area (Å²) in [7, 11) is 0. The highest BCUT2D eigenvalue weighted by molar-refractivity contribution is 5.92. The lowest BCUT2D eigenvalue weighted by Crippen LogP contribution is -2.46. The minimum atomic E-state index is -0.567. The largest absolute Gasteiger partial charge is 0.445 e. The monoisotopic (exact) mass is 696 g/mol. The Bertz CT molecular complexity index is 2270. The topological polar surface area (TPSA) is 116 Å². The van der Waals surface area contributed by atoms with Gasteiger partial charge in [0.05, 0.1) is 29.0 Å². The van der Waals surface area contributed by atoms with Crippen molar-refractivity contribution in [2.45, 2.75) is 77.2 Å². The number of carbonyl (C=O) groups is 2. The van der Waals surface area contributed by atoms with E-state index in [1.807, 2.05) is 68.3 Å². The van der Waals surface area contributed by atoms with Crippen LogP contribution in [0.2, 0.25) is 0 Å². The zero-order valence-corrected chi connectivity index (χ0v) is 30.1. The summed E-state index contributed by atoms with van der Waals surface area (Å²) in [5, 5.41) is 2.24. The molecule has 2 aromatic heterocycles. The standard InChI is InChI=1S/C42H44N6O4/c1-41(2,3)52-40(50)48-21-9-19-42(48,4)38-45-33-18-17-31(24-34(33)46-38)29-13-14-30-23-32(16-15-28(30)22-29)35-25-43-37(44-35)36-12-8-20-47(36)39(49)51-26-27-10-6-5-7-11-27/h5-7,10-11,13-18,22-25,36H,8-9,12,19-21,26H2,1-4H3,(H,43,44)(H,45,46)/t36?,42-/m0/s1. The normalized spacial score (nSPS) is 19.1. The van der Waals surface area contributed by atoms with Gasteiger partial charge in [-0.1, -0.05) is 60.7 Å². The number of fused-ring (bicyclic) bond motifs is 2. The molecule has 0 aliphatic carbocycles. The molecule has 4 aromatic carbocycles. The third kappa shape index (κ3) is 6.49. The Morgan fingerprint density at radius 3 is 2.38 bits per heavy atom. The number of amides is 2. The van der Waals surface area contributed by atoms with Crippen LogP contribution in [-0.4, -0.2) is 60.6 Å². The fraction of sp³-hybridized carbons (Fsp3) is 0.333. The van der Waals surface area contributed by atoms with E-state index >= 15 is 0 Å². The van der Waals surface area contributed by atoms with Gasteiger partial charge in [0.2, 0.25) is 0 Å². The molecule has 2 aliphatic heterocycles. The highest BCUT2D eigenvalue weighted by Crippen LogP contribution is 2.40. The van der Waals surface area contributed by atoms with Crippen molar-refractivity contribution in [2.75, 3.05) is 13.1 Å². The Balaban J connectivity index is 0.984. The van der Waals surface area contributed by atoms with Crippen molar-refractivity contribution in [3.05, 3.63) is 108 Å². The third-order valence-electron chi connectivity index (χ3n) is 10.3. The summed E-state index contributed by atoms with van der Waals surface area (Å²) in [5.74, 6) is 1.55. The molecule has 52 heavy (non-hydrogen) atoms. The van der Waals surface area contributed by atoms with Crippen molar-refractivity contribution in [1.29, 1.82) is 0 Å². The first-order valence-electron chi connectivity index (χ1n) is 18.1. The van der Waals surface area contributed by atoms with Gasteiger partial charge in [0.25, 0.3) is 0 Å². The summed E-state index contributed by atoms with van der Waals surface area (Å²) in [6, 6.07) is 28.8. The molecule has 1 unspecified atom stereocenters. The number of benzene rings is 4. The number of hydrogen-bond acceptors (Lipinski definition) is 6. The molecule has 0 spiro atoms. The molecule has 2 fully saturated rings. The summed E-state index contributed by atoms with van der Waals surface area (Å²) < 4.78 is 11.4. The van der Waals surface area contributed by atoms with E-state index in [0.29, 0.717) is 13.1 Å². The first kappa shape index (κ1) is 33.5. The van der Waals surface area contributed by atoms with Crippen LogP contribution in [0.4, 0.5) is 9.59 Å². The molecule has 0 saturated carbocycles. The second kappa shape index (κ2) is 13.2.